The number of methoxy groups -OCH3 is 1. The molecule has 5 heteroatoms. The van der Waals surface area contributed by atoms with Gasteiger partial charge in [-0.2, -0.15) is 0 Å². The van der Waals surface area contributed by atoms with Crippen molar-refractivity contribution in [2.24, 2.45) is 5.92 Å². The minimum atomic E-state index is 0.375. The van der Waals surface area contributed by atoms with Crippen LogP contribution in [0.25, 0.3) is 0 Å². The second-order valence-corrected chi connectivity index (χ2v) is 4.38. The van der Waals surface area contributed by atoms with Crippen molar-refractivity contribution in [3.05, 3.63) is 17.0 Å². The number of rotatable bonds is 7. The number of halogens is 1. The van der Waals surface area contributed by atoms with Gasteiger partial charge in [0.05, 0.1) is 0 Å². The molecule has 1 N–H and O–H groups in total. The van der Waals surface area contributed by atoms with Gasteiger partial charge in [-0.25, -0.2) is 9.97 Å². The van der Waals surface area contributed by atoms with E-state index >= 15 is 0 Å². The first-order valence-corrected chi connectivity index (χ1v) is 6.33. The van der Waals surface area contributed by atoms with Crippen LogP contribution >= 0.6 is 11.6 Å². The van der Waals surface area contributed by atoms with Gasteiger partial charge in [0.15, 0.2) is 5.82 Å². The number of hydrogen-bond donors (Lipinski definition) is 1. The summed E-state index contributed by atoms with van der Waals surface area (Å²) >= 11 is 5.92. The van der Waals surface area contributed by atoms with Crippen molar-refractivity contribution in [2.75, 3.05) is 19.0 Å². The normalized spacial score (nSPS) is 10.9. The van der Waals surface area contributed by atoms with Crippen LogP contribution in [0.3, 0.4) is 0 Å². The van der Waals surface area contributed by atoms with Crippen molar-refractivity contribution in [3.8, 4) is 0 Å². The number of ether oxygens (including phenoxy) is 1. The Morgan fingerprint density at radius 1 is 1.35 bits per heavy atom. The largest absolute Gasteiger partial charge is 0.377 e. The van der Waals surface area contributed by atoms with Gasteiger partial charge in [-0.1, -0.05) is 38.3 Å². The van der Waals surface area contributed by atoms with Crippen molar-refractivity contribution in [2.45, 2.75) is 33.3 Å². The first-order valence-electron chi connectivity index (χ1n) is 5.95. The van der Waals surface area contributed by atoms with Crippen LogP contribution in [0, 0.1) is 5.92 Å². The van der Waals surface area contributed by atoms with Crippen LogP contribution in [-0.2, 0) is 11.3 Å². The summed E-state index contributed by atoms with van der Waals surface area (Å²) in [5, 5.41) is 3.74. The highest BCUT2D eigenvalue weighted by Crippen LogP contribution is 2.14. The average Bonchev–Trinajstić information content (AvgIpc) is 2.30. The lowest BCUT2D eigenvalue weighted by Crippen LogP contribution is -2.14. The zero-order chi connectivity index (χ0) is 12.7. The second kappa shape index (κ2) is 7.45. The molecule has 0 aliphatic heterocycles. The molecule has 0 amide bonds. The fourth-order valence-corrected chi connectivity index (χ4v) is 1.78. The average molecular weight is 258 g/mol. The molecule has 1 aromatic rings. The maximum atomic E-state index is 5.92. The zero-order valence-electron chi connectivity index (χ0n) is 10.7. The predicted molar refractivity (Wildman–Crippen MR) is 70.3 cm³/mol. The standard InChI is InChI=1S/C12H20ClN3O/c1-4-9(5-2)7-14-11-6-10(13)15-12(16-11)8-17-3/h6,9H,4-5,7-8H2,1-3H3,(H,14,15,16). The van der Waals surface area contributed by atoms with Crippen molar-refractivity contribution >= 4 is 17.4 Å². The molecule has 1 aromatic heterocycles. The first kappa shape index (κ1) is 14.2. The summed E-state index contributed by atoms with van der Waals surface area (Å²) in [4.78, 5) is 8.41. The highest BCUT2D eigenvalue weighted by Gasteiger charge is 2.06. The molecule has 0 aliphatic rings. The van der Waals surface area contributed by atoms with Gasteiger partial charge in [0.1, 0.15) is 17.6 Å². The molecule has 96 valence electrons. The quantitative estimate of drug-likeness (QED) is 0.763. The van der Waals surface area contributed by atoms with E-state index in [0.717, 1.165) is 25.2 Å². The minimum absolute atomic E-state index is 0.375. The van der Waals surface area contributed by atoms with E-state index in [1.54, 1.807) is 13.2 Å². The van der Waals surface area contributed by atoms with E-state index in [1.165, 1.54) is 0 Å². The smallest absolute Gasteiger partial charge is 0.158 e. The van der Waals surface area contributed by atoms with E-state index in [9.17, 15) is 0 Å². The van der Waals surface area contributed by atoms with E-state index in [0.29, 0.717) is 23.5 Å². The fraction of sp³-hybridized carbons (Fsp3) is 0.667. The molecule has 0 unspecified atom stereocenters. The predicted octanol–water partition coefficient (Wildman–Crippen LogP) is 3.12. The molecular weight excluding hydrogens is 238 g/mol. The van der Waals surface area contributed by atoms with Gasteiger partial charge in [-0.05, 0) is 5.92 Å². The van der Waals surface area contributed by atoms with Crippen molar-refractivity contribution in [3.63, 3.8) is 0 Å². The third kappa shape index (κ3) is 4.88. The number of aromatic nitrogens is 2. The van der Waals surface area contributed by atoms with Gasteiger partial charge in [-0.3, -0.25) is 0 Å². The first-order chi connectivity index (χ1) is 8.19. The van der Waals surface area contributed by atoms with Gasteiger partial charge < -0.3 is 10.1 Å². The van der Waals surface area contributed by atoms with Crippen molar-refractivity contribution < 1.29 is 4.74 Å². The van der Waals surface area contributed by atoms with Crippen LogP contribution < -0.4 is 5.32 Å². The van der Waals surface area contributed by atoms with Crippen LogP contribution in [-0.4, -0.2) is 23.6 Å². The van der Waals surface area contributed by atoms with Crippen LogP contribution in [0.1, 0.15) is 32.5 Å². The van der Waals surface area contributed by atoms with Crippen molar-refractivity contribution in [1.82, 2.24) is 9.97 Å². The van der Waals surface area contributed by atoms with Gasteiger partial charge in [-0.15, -0.1) is 0 Å². The molecule has 0 aliphatic carbocycles. The van der Waals surface area contributed by atoms with Crippen molar-refractivity contribution in [1.29, 1.82) is 0 Å². The molecule has 0 radical (unpaired) electrons. The fourth-order valence-electron chi connectivity index (χ4n) is 1.58. The summed E-state index contributed by atoms with van der Waals surface area (Å²) in [6.45, 7) is 5.67. The van der Waals surface area contributed by atoms with E-state index in [4.69, 9.17) is 16.3 Å². The summed E-state index contributed by atoms with van der Waals surface area (Å²) in [5.41, 5.74) is 0. The van der Waals surface area contributed by atoms with Crippen LogP contribution in [0.4, 0.5) is 5.82 Å². The number of nitrogens with zero attached hydrogens (tertiary/aromatic N) is 2. The Kier molecular flexibility index (Phi) is 6.22. The molecule has 1 heterocycles. The SMILES string of the molecule is CCC(CC)CNc1cc(Cl)nc(COC)n1. The number of hydrogen-bond acceptors (Lipinski definition) is 4. The number of anilines is 1. The lowest BCUT2D eigenvalue weighted by Gasteiger charge is -2.14. The monoisotopic (exact) mass is 257 g/mol. The second-order valence-electron chi connectivity index (χ2n) is 3.99. The molecule has 0 saturated heterocycles. The van der Waals surface area contributed by atoms with E-state index in [-0.39, 0.29) is 0 Å². The van der Waals surface area contributed by atoms with E-state index < -0.39 is 0 Å². The molecule has 17 heavy (non-hydrogen) atoms. The topological polar surface area (TPSA) is 47.0 Å². The summed E-state index contributed by atoms with van der Waals surface area (Å²) in [5.74, 6) is 2.03. The molecule has 0 aromatic carbocycles. The van der Waals surface area contributed by atoms with Crippen LogP contribution in [0.5, 0.6) is 0 Å². The van der Waals surface area contributed by atoms with E-state index in [1.807, 2.05) is 0 Å². The molecule has 0 fully saturated rings. The lowest BCUT2D eigenvalue weighted by molar-refractivity contribution is 0.178. The summed E-state index contributed by atoms with van der Waals surface area (Å²) in [6, 6.07) is 1.74. The molecule has 0 bridgehead atoms. The highest BCUT2D eigenvalue weighted by molar-refractivity contribution is 6.29. The molecular formula is C12H20ClN3O. The minimum Gasteiger partial charge on any atom is -0.377 e. The van der Waals surface area contributed by atoms with E-state index in [2.05, 4.69) is 29.1 Å². The van der Waals surface area contributed by atoms with Gasteiger partial charge in [0.25, 0.3) is 0 Å². The Balaban J connectivity index is 2.63. The summed E-state index contributed by atoms with van der Waals surface area (Å²) < 4.78 is 4.99. The Labute approximate surface area is 108 Å². The summed E-state index contributed by atoms with van der Waals surface area (Å²) in [7, 11) is 1.61. The molecule has 0 atom stereocenters. The van der Waals surface area contributed by atoms with Crippen LogP contribution in [0.2, 0.25) is 5.15 Å². The Hall–Kier alpha value is -0.870. The van der Waals surface area contributed by atoms with Gasteiger partial charge in [0.2, 0.25) is 0 Å². The molecule has 0 saturated carbocycles. The van der Waals surface area contributed by atoms with Gasteiger partial charge >= 0.3 is 0 Å². The van der Waals surface area contributed by atoms with Crippen LogP contribution in [0.15, 0.2) is 6.07 Å². The Morgan fingerprint density at radius 2 is 2.06 bits per heavy atom. The summed E-state index contributed by atoms with van der Waals surface area (Å²) in [6.07, 6.45) is 2.32. The molecule has 1 rings (SSSR count). The third-order valence-corrected chi connectivity index (χ3v) is 2.93. The molecule has 4 nitrogen and oxygen atoms in total. The lowest BCUT2D eigenvalue weighted by atomic mass is 10.0. The number of nitrogens with one attached hydrogen (secondary N) is 1. The maximum Gasteiger partial charge on any atom is 0.158 e. The Morgan fingerprint density at radius 3 is 2.65 bits per heavy atom. The molecule has 0 spiro atoms. The highest BCUT2D eigenvalue weighted by atomic mass is 35.5. The maximum absolute atomic E-state index is 5.92. The van der Waals surface area contributed by atoms with Gasteiger partial charge in [0, 0.05) is 19.7 Å². The Bertz CT molecular complexity index is 343. The third-order valence-electron chi connectivity index (χ3n) is 2.74. The zero-order valence-corrected chi connectivity index (χ0v) is 11.4.